The number of ether oxygens (including phenoxy) is 4. The third kappa shape index (κ3) is 7.27. The van der Waals surface area contributed by atoms with Crippen molar-refractivity contribution in [2.24, 2.45) is 0 Å². The average molecular weight is 294 g/mol. The van der Waals surface area contributed by atoms with Crippen LogP contribution in [0.25, 0.3) is 0 Å². The number of nitrogens with zero attached hydrogens (tertiary/aromatic N) is 1. The van der Waals surface area contributed by atoms with Crippen molar-refractivity contribution in [1.29, 1.82) is 0 Å². The van der Waals surface area contributed by atoms with Gasteiger partial charge in [-0.3, -0.25) is 0 Å². The number of hydrogen-bond donors (Lipinski definition) is 0. The van der Waals surface area contributed by atoms with Crippen LogP contribution in [0.3, 0.4) is 0 Å². The van der Waals surface area contributed by atoms with E-state index in [2.05, 4.69) is 4.98 Å². The quantitative estimate of drug-likeness (QED) is 0.617. The Kier molecular flexibility index (Phi) is 8.40. The van der Waals surface area contributed by atoms with Gasteiger partial charge in [-0.2, -0.15) is 0 Å². The minimum absolute atomic E-state index is 0.0793. The fraction of sp³-hybridized carbons (Fsp3) is 0.583. The van der Waals surface area contributed by atoms with Crippen LogP contribution in [0.15, 0.2) is 12.3 Å². The third-order valence-corrected chi connectivity index (χ3v) is 2.25. The van der Waals surface area contributed by atoms with Crippen LogP contribution in [-0.4, -0.2) is 51.7 Å². The zero-order valence-electron chi connectivity index (χ0n) is 10.7. The molecule has 0 unspecified atom stereocenters. The molecule has 108 valence electrons. The average Bonchev–Trinajstić information content (AvgIpc) is 2.39. The number of hydrogen-bond acceptors (Lipinski definition) is 5. The summed E-state index contributed by atoms with van der Waals surface area (Å²) in [7, 11) is 1.61. The molecular weight excluding hydrogens is 277 g/mol. The van der Waals surface area contributed by atoms with Gasteiger partial charge in [0.15, 0.2) is 5.82 Å². The lowest BCUT2D eigenvalue weighted by atomic mass is 10.4. The van der Waals surface area contributed by atoms with Crippen molar-refractivity contribution < 1.29 is 23.3 Å². The van der Waals surface area contributed by atoms with Gasteiger partial charge in [-0.05, 0) is 6.07 Å². The van der Waals surface area contributed by atoms with E-state index in [1.54, 1.807) is 7.11 Å². The first-order chi connectivity index (χ1) is 9.24. The summed E-state index contributed by atoms with van der Waals surface area (Å²) < 4.78 is 33.6. The maximum Gasteiger partial charge on any atom is 0.250 e. The standard InChI is InChI=1S/C12H17ClFNO4/c1-16-2-3-17-4-5-18-6-7-19-12-11(14)8-10(13)9-15-12/h8-9H,2-7H2,1H3. The minimum atomic E-state index is -0.588. The molecule has 0 atom stereocenters. The van der Waals surface area contributed by atoms with Gasteiger partial charge in [-0.1, -0.05) is 11.6 Å². The zero-order chi connectivity index (χ0) is 13.9. The van der Waals surface area contributed by atoms with Crippen LogP contribution >= 0.6 is 11.6 Å². The van der Waals surface area contributed by atoms with E-state index in [1.165, 1.54) is 6.20 Å². The van der Waals surface area contributed by atoms with Gasteiger partial charge in [0.05, 0.1) is 38.1 Å². The Labute approximate surface area is 116 Å². The van der Waals surface area contributed by atoms with Crippen molar-refractivity contribution in [3.05, 3.63) is 23.1 Å². The SMILES string of the molecule is COCCOCCOCCOc1ncc(Cl)cc1F. The number of aromatic nitrogens is 1. The predicted molar refractivity (Wildman–Crippen MR) is 68.2 cm³/mol. The second-order valence-electron chi connectivity index (χ2n) is 3.51. The predicted octanol–water partition coefficient (Wildman–Crippen LogP) is 1.93. The minimum Gasteiger partial charge on any atom is -0.473 e. The Morgan fingerprint density at radius 1 is 1.11 bits per heavy atom. The maximum atomic E-state index is 13.3. The molecule has 0 aromatic carbocycles. The summed E-state index contributed by atoms with van der Waals surface area (Å²) in [5.41, 5.74) is 0. The molecule has 7 heteroatoms. The van der Waals surface area contributed by atoms with E-state index in [1.807, 2.05) is 0 Å². The van der Waals surface area contributed by atoms with Gasteiger partial charge in [-0.15, -0.1) is 0 Å². The number of rotatable bonds is 10. The smallest absolute Gasteiger partial charge is 0.250 e. The van der Waals surface area contributed by atoms with E-state index >= 15 is 0 Å². The van der Waals surface area contributed by atoms with Crippen molar-refractivity contribution in [2.75, 3.05) is 46.8 Å². The summed E-state index contributed by atoms with van der Waals surface area (Å²) >= 11 is 5.57. The van der Waals surface area contributed by atoms with Gasteiger partial charge >= 0.3 is 0 Å². The Balaban J connectivity index is 2.01. The summed E-state index contributed by atoms with van der Waals surface area (Å²) in [5.74, 6) is -0.667. The molecule has 5 nitrogen and oxygen atoms in total. The van der Waals surface area contributed by atoms with E-state index in [0.29, 0.717) is 33.0 Å². The number of methoxy groups -OCH3 is 1. The van der Waals surface area contributed by atoms with Crippen LogP contribution in [0.5, 0.6) is 5.88 Å². The normalized spacial score (nSPS) is 10.7. The Morgan fingerprint density at radius 2 is 1.74 bits per heavy atom. The van der Waals surface area contributed by atoms with Crippen LogP contribution < -0.4 is 4.74 Å². The fourth-order valence-corrected chi connectivity index (χ4v) is 1.31. The molecular formula is C12H17ClFNO4. The lowest BCUT2D eigenvalue weighted by molar-refractivity contribution is 0.0174. The summed E-state index contributed by atoms with van der Waals surface area (Å²) in [4.78, 5) is 3.72. The van der Waals surface area contributed by atoms with Gasteiger partial charge in [0.2, 0.25) is 0 Å². The zero-order valence-corrected chi connectivity index (χ0v) is 11.5. The van der Waals surface area contributed by atoms with Crippen molar-refractivity contribution in [3.63, 3.8) is 0 Å². The lowest BCUT2D eigenvalue weighted by Gasteiger charge is -2.07. The van der Waals surface area contributed by atoms with Crippen molar-refractivity contribution in [2.45, 2.75) is 0 Å². The highest BCUT2D eigenvalue weighted by atomic mass is 35.5. The molecule has 0 aliphatic carbocycles. The highest BCUT2D eigenvalue weighted by molar-refractivity contribution is 6.30. The van der Waals surface area contributed by atoms with Crippen LogP contribution in [-0.2, 0) is 14.2 Å². The first-order valence-corrected chi connectivity index (χ1v) is 6.20. The van der Waals surface area contributed by atoms with Crippen LogP contribution in [0.2, 0.25) is 5.02 Å². The first kappa shape index (κ1) is 16.1. The Morgan fingerprint density at radius 3 is 2.37 bits per heavy atom. The Hall–Kier alpha value is -0.950. The summed E-state index contributed by atoms with van der Waals surface area (Å²) in [6.07, 6.45) is 1.32. The van der Waals surface area contributed by atoms with Crippen LogP contribution in [0.4, 0.5) is 4.39 Å². The lowest BCUT2D eigenvalue weighted by Crippen LogP contribution is -2.13. The van der Waals surface area contributed by atoms with E-state index < -0.39 is 5.82 Å². The van der Waals surface area contributed by atoms with Gasteiger partial charge in [0.1, 0.15) is 6.61 Å². The molecule has 0 N–H and O–H groups in total. The molecule has 0 saturated heterocycles. The molecule has 0 aliphatic rings. The second kappa shape index (κ2) is 9.91. The topological polar surface area (TPSA) is 49.8 Å². The molecule has 0 bridgehead atoms. The molecule has 0 radical (unpaired) electrons. The van der Waals surface area contributed by atoms with E-state index in [9.17, 15) is 4.39 Å². The maximum absolute atomic E-state index is 13.3. The Bertz CT molecular complexity index is 368. The van der Waals surface area contributed by atoms with Crippen molar-refractivity contribution in [1.82, 2.24) is 4.98 Å². The van der Waals surface area contributed by atoms with Gasteiger partial charge in [0, 0.05) is 13.3 Å². The van der Waals surface area contributed by atoms with Crippen molar-refractivity contribution >= 4 is 11.6 Å². The largest absolute Gasteiger partial charge is 0.473 e. The number of halogens is 2. The number of pyridine rings is 1. The fourth-order valence-electron chi connectivity index (χ4n) is 1.17. The molecule has 0 amide bonds. The molecule has 1 aromatic heterocycles. The molecule has 1 rings (SSSR count). The molecule has 19 heavy (non-hydrogen) atoms. The molecule has 0 saturated carbocycles. The molecule has 1 heterocycles. The highest BCUT2D eigenvalue weighted by Crippen LogP contribution is 2.17. The molecule has 1 aromatic rings. The van der Waals surface area contributed by atoms with Crippen LogP contribution in [0, 0.1) is 5.82 Å². The summed E-state index contributed by atoms with van der Waals surface area (Å²) in [5, 5.41) is 0.231. The molecule has 0 spiro atoms. The van der Waals surface area contributed by atoms with Gasteiger partial charge < -0.3 is 18.9 Å². The van der Waals surface area contributed by atoms with E-state index in [4.69, 9.17) is 30.5 Å². The van der Waals surface area contributed by atoms with Crippen molar-refractivity contribution in [3.8, 4) is 5.88 Å². The van der Waals surface area contributed by atoms with Gasteiger partial charge in [-0.25, -0.2) is 9.37 Å². The van der Waals surface area contributed by atoms with Gasteiger partial charge in [0.25, 0.3) is 5.88 Å². The summed E-state index contributed by atoms with van der Waals surface area (Å²) in [6.45, 7) is 2.57. The second-order valence-corrected chi connectivity index (χ2v) is 3.94. The first-order valence-electron chi connectivity index (χ1n) is 5.82. The summed E-state index contributed by atoms with van der Waals surface area (Å²) in [6, 6.07) is 1.15. The molecule has 0 fully saturated rings. The van der Waals surface area contributed by atoms with E-state index in [0.717, 1.165) is 6.07 Å². The van der Waals surface area contributed by atoms with E-state index in [-0.39, 0.29) is 17.5 Å². The highest BCUT2D eigenvalue weighted by Gasteiger charge is 2.05. The molecule has 0 aliphatic heterocycles. The third-order valence-electron chi connectivity index (χ3n) is 2.04. The monoisotopic (exact) mass is 293 g/mol. The van der Waals surface area contributed by atoms with Crippen LogP contribution in [0.1, 0.15) is 0 Å².